The van der Waals surface area contributed by atoms with Gasteiger partial charge in [-0.2, -0.15) is 0 Å². The molecule has 1 saturated heterocycles. The summed E-state index contributed by atoms with van der Waals surface area (Å²) in [5.74, 6) is 1.35. The minimum Gasteiger partial charge on any atom is -0.465 e. The van der Waals surface area contributed by atoms with Gasteiger partial charge in [0, 0.05) is 24.8 Å². The van der Waals surface area contributed by atoms with Gasteiger partial charge in [-0.1, -0.05) is 29.8 Å². The van der Waals surface area contributed by atoms with Crippen molar-refractivity contribution in [1.82, 2.24) is 9.88 Å². The number of amides is 1. The summed E-state index contributed by atoms with van der Waals surface area (Å²) in [6, 6.07) is 11.7. The van der Waals surface area contributed by atoms with Crippen molar-refractivity contribution in [3.05, 3.63) is 59.3 Å². The number of piperidine rings is 1. The fourth-order valence-electron chi connectivity index (χ4n) is 2.72. The molecule has 1 aliphatic rings. The molecule has 0 unspecified atom stereocenters. The number of benzene rings is 1. The summed E-state index contributed by atoms with van der Waals surface area (Å²) in [5.41, 5.74) is 3.31. The highest BCUT2D eigenvalue weighted by Gasteiger charge is 2.17. The van der Waals surface area contributed by atoms with Crippen LogP contribution in [0, 0.1) is 6.92 Å². The first-order chi connectivity index (χ1) is 11.6. The summed E-state index contributed by atoms with van der Waals surface area (Å²) in [6.45, 7) is 3.08. The third-order valence-corrected chi connectivity index (χ3v) is 4.08. The predicted molar refractivity (Wildman–Crippen MR) is 92.3 cm³/mol. The molecule has 1 aliphatic heterocycles. The molecule has 1 N–H and O–H groups in total. The molecule has 2 heterocycles. The normalized spacial score (nSPS) is 14.4. The zero-order valence-corrected chi connectivity index (χ0v) is 13.6. The Labute approximate surface area is 141 Å². The minimum atomic E-state index is -0.838. The molecule has 5 heteroatoms. The maximum Gasteiger partial charge on any atom is 0.407 e. The molecule has 5 nitrogen and oxygen atoms in total. The van der Waals surface area contributed by atoms with Crippen molar-refractivity contribution in [2.45, 2.75) is 19.8 Å². The van der Waals surface area contributed by atoms with E-state index in [9.17, 15) is 4.79 Å². The van der Waals surface area contributed by atoms with Crippen LogP contribution in [0.5, 0.6) is 11.6 Å². The second-order valence-corrected chi connectivity index (χ2v) is 5.87. The van der Waals surface area contributed by atoms with Crippen LogP contribution in [0.1, 0.15) is 24.0 Å². The first-order valence-electron chi connectivity index (χ1n) is 7.99. The molecule has 24 heavy (non-hydrogen) atoms. The van der Waals surface area contributed by atoms with Crippen LogP contribution in [-0.4, -0.2) is 34.2 Å². The second-order valence-electron chi connectivity index (χ2n) is 5.87. The van der Waals surface area contributed by atoms with Crippen LogP contribution in [0.2, 0.25) is 0 Å². The van der Waals surface area contributed by atoms with Gasteiger partial charge in [-0.25, -0.2) is 9.78 Å². The molecule has 0 bridgehead atoms. The number of carboxylic acid groups (broad SMARTS) is 1. The van der Waals surface area contributed by atoms with Crippen LogP contribution < -0.4 is 4.74 Å². The van der Waals surface area contributed by atoms with Gasteiger partial charge in [0.25, 0.3) is 0 Å². The van der Waals surface area contributed by atoms with E-state index >= 15 is 0 Å². The van der Waals surface area contributed by atoms with Crippen molar-refractivity contribution in [2.24, 2.45) is 0 Å². The lowest BCUT2D eigenvalue weighted by molar-refractivity contribution is 0.142. The molecule has 0 atom stereocenters. The van der Waals surface area contributed by atoms with Gasteiger partial charge in [0.15, 0.2) is 0 Å². The van der Waals surface area contributed by atoms with E-state index in [0.29, 0.717) is 19.0 Å². The Hall–Kier alpha value is -2.82. The van der Waals surface area contributed by atoms with E-state index < -0.39 is 6.09 Å². The molecule has 0 radical (unpaired) electrons. The monoisotopic (exact) mass is 324 g/mol. The minimum absolute atomic E-state index is 0.560. The van der Waals surface area contributed by atoms with Gasteiger partial charge < -0.3 is 14.7 Å². The van der Waals surface area contributed by atoms with Crippen LogP contribution in [0.25, 0.3) is 6.08 Å². The smallest absolute Gasteiger partial charge is 0.407 e. The number of ether oxygens (including phenoxy) is 1. The molecule has 1 aromatic heterocycles. The highest BCUT2D eigenvalue weighted by Crippen LogP contribution is 2.25. The number of likely N-dealkylation sites (tertiary alicyclic amines) is 1. The average Bonchev–Trinajstić information content (AvgIpc) is 2.58. The van der Waals surface area contributed by atoms with Crippen LogP contribution >= 0.6 is 0 Å². The number of aryl methyl sites for hydroxylation is 1. The fourth-order valence-corrected chi connectivity index (χ4v) is 2.72. The third kappa shape index (κ3) is 3.93. The summed E-state index contributed by atoms with van der Waals surface area (Å²) in [6.07, 6.45) is 4.55. The van der Waals surface area contributed by atoms with E-state index in [-0.39, 0.29) is 0 Å². The molecule has 3 rings (SSSR count). The van der Waals surface area contributed by atoms with Crippen molar-refractivity contribution in [3.8, 4) is 11.6 Å². The first-order valence-corrected chi connectivity index (χ1v) is 7.99. The number of rotatable bonds is 3. The van der Waals surface area contributed by atoms with Gasteiger partial charge in [-0.05, 0) is 43.5 Å². The van der Waals surface area contributed by atoms with Crippen LogP contribution in [-0.2, 0) is 0 Å². The molecule has 0 saturated carbocycles. The molecule has 0 spiro atoms. The third-order valence-electron chi connectivity index (χ3n) is 4.08. The van der Waals surface area contributed by atoms with E-state index in [4.69, 9.17) is 9.84 Å². The average molecular weight is 324 g/mol. The molecule has 0 aliphatic carbocycles. The fraction of sp³-hybridized carbons (Fsp3) is 0.263. The van der Waals surface area contributed by atoms with E-state index in [1.807, 2.05) is 43.3 Å². The maximum absolute atomic E-state index is 10.9. The topological polar surface area (TPSA) is 62.7 Å². The maximum atomic E-state index is 10.9. The Morgan fingerprint density at radius 3 is 2.75 bits per heavy atom. The van der Waals surface area contributed by atoms with E-state index in [0.717, 1.165) is 29.7 Å². The zero-order chi connectivity index (χ0) is 16.9. The molecule has 1 fully saturated rings. The summed E-state index contributed by atoms with van der Waals surface area (Å²) < 4.78 is 5.86. The van der Waals surface area contributed by atoms with Gasteiger partial charge in [0.1, 0.15) is 5.75 Å². The van der Waals surface area contributed by atoms with Crippen LogP contribution in [0.4, 0.5) is 4.79 Å². The Morgan fingerprint density at radius 2 is 2.04 bits per heavy atom. The molecular formula is C19H20N2O3. The molecule has 124 valence electrons. The van der Waals surface area contributed by atoms with E-state index in [1.165, 1.54) is 10.5 Å². The van der Waals surface area contributed by atoms with Gasteiger partial charge in [0.05, 0.1) is 0 Å². The predicted octanol–water partition coefficient (Wildman–Crippen LogP) is 4.34. The molecule has 2 aromatic rings. The largest absolute Gasteiger partial charge is 0.465 e. The Kier molecular flexibility index (Phi) is 4.79. The van der Waals surface area contributed by atoms with Crippen molar-refractivity contribution >= 4 is 12.2 Å². The standard InChI is InChI=1S/C19H20N2O3/c1-14-4-3-9-20-18(14)24-17-6-2-5-16(13-17)12-15-7-10-21(11-8-15)19(22)23/h2-6,9,12-13H,7-8,10-11H2,1H3,(H,22,23). The van der Waals surface area contributed by atoms with Gasteiger partial charge >= 0.3 is 6.09 Å². The lowest BCUT2D eigenvalue weighted by Crippen LogP contribution is -2.35. The number of aromatic nitrogens is 1. The van der Waals surface area contributed by atoms with Crippen molar-refractivity contribution in [3.63, 3.8) is 0 Å². The van der Waals surface area contributed by atoms with Crippen LogP contribution in [0.3, 0.4) is 0 Å². The summed E-state index contributed by atoms with van der Waals surface area (Å²) in [4.78, 5) is 16.7. The first kappa shape index (κ1) is 16.1. The van der Waals surface area contributed by atoms with E-state index in [2.05, 4.69) is 11.1 Å². The van der Waals surface area contributed by atoms with Crippen molar-refractivity contribution in [2.75, 3.05) is 13.1 Å². The Morgan fingerprint density at radius 1 is 1.25 bits per heavy atom. The number of carbonyl (C=O) groups is 1. The van der Waals surface area contributed by atoms with Gasteiger partial charge in [-0.15, -0.1) is 0 Å². The summed E-state index contributed by atoms with van der Waals surface area (Å²) in [5, 5.41) is 9.00. The second kappa shape index (κ2) is 7.17. The quantitative estimate of drug-likeness (QED) is 0.912. The lowest BCUT2D eigenvalue weighted by Gasteiger charge is -2.25. The molecule has 1 aromatic carbocycles. The van der Waals surface area contributed by atoms with Gasteiger partial charge in [-0.3, -0.25) is 0 Å². The van der Waals surface area contributed by atoms with Crippen molar-refractivity contribution in [1.29, 1.82) is 0 Å². The van der Waals surface area contributed by atoms with Crippen LogP contribution in [0.15, 0.2) is 48.2 Å². The highest BCUT2D eigenvalue weighted by atomic mass is 16.5. The lowest BCUT2D eigenvalue weighted by atomic mass is 10.0. The number of pyridine rings is 1. The number of hydrogen-bond acceptors (Lipinski definition) is 3. The summed E-state index contributed by atoms with van der Waals surface area (Å²) in [7, 11) is 0. The Bertz CT molecular complexity index is 761. The SMILES string of the molecule is Cc1cccnc1Oc1cccc(C=C2CCN(C(=O)O)CC2)c1. The zero-order valence-electron chi connectivity index (χ0n) is 13.6. The number of hydrogen-bond donors (Lipinski definition) is 1. The molecular weight excluding hydrogens is 304 g/mol. The molecule has 1 amide bonds. The Balaban J connectivity index is 1.71. The highest BCUT2D eigenvalue weighted by molar-refractivity contribution is 5.65. The van der Waals surface area contributed by atoms with E-state index in [1.54, 1.807) is 6.20 Å². The summed E-state index contributed by atoms with van der Waals surface area (Å²) >= 11 is 0. The number of nitrogens with zero attached hydrogens (tertiary/aromatic N) is 2. The van der Waals surface area contributed by atoms with Gasteiger partial charge in [0.2, 0.25) is 5.88 Å². The van der Waals surface area contributed by atoms with Crippen molar-refractivity contribution < 1.29 is 14.6 Å².